The molecular weight excluding hydrogens is 371 g/mol. The number of nitrogens with zero attached hydrogens (tertiary/aromatic N) is 2. The van der Waals surface area contributed by atoms with Crippen molar-refractivity contribution in [1.29, 1.82) is 0 Å². The zero-order chi connectivity index (χ0) is 20.3. The summed E-state index contributed by atoms with van der Waals surface area (Å²) in [6.45, 7) is 4.94. The fourth-order valence-corrected chi connectivity index (χ4v) is 4.25. The van der Waals surface area contributed by atoms with Gasteiger partial charge in [0, 0.05) is 13.1 Å². The van der Waals surface area contributed by atoms with Gasteiger partial charge in [-0.15, -0.1) is 0 Å². The van der Waals surface area contributed by atoms with Crippen LogP contribution in [0.3, 0.4) is 0 Å². The van der Waals surface area contributed by atoms with E-state index in [1.807, 2.05) is 19.1 Å². The third-order valence-electron chi connectivity index (χ3n) is 5.86. The molecule has 2 N–H and O–H groups in total. The number of morpholine rings is 1. The Morgan fingerprint density at radius 3 is 2.45 bits per heavy atom. The van der Waals surface area contributed by atoms with Gasteiger partial charge in [0.25, 0.3) is 0 Å². The lowest BCUT2D eigenvalue weighted by molar-refractivity contribution is 0.122. The molecule has 2 amide bonds. The summed E-state index contributed by atoms with van der Waals surface area (Å²) in [6.07, 6.45) is 3.76. The molecule has 29 heavy (non-hydrogen) atoms. The summed E-state index contributed by atoms with van der Waals surface area (Å²) in [7, 11) is 0. The van der Waals surface area contributed by atoms with Gasteiger partial charge in [-0.25, -0.2) is 14.2 Å². The number of halogens is 1. The van der Waals surface area contributed by atoms with Crippen LogP contribution in [0.4, 0.5) is 20.7 Å². The van der Waals surface area contributed by atoms with Crippen molar-refractivity contribution in [2.24, 2.45) is 0 Å². The number of hydrogen-bond acceptors (Lipinski definition) is 4. The Hall–Kier alpha value is -2.67. The molecule has 1 saturated heterocycles. The van der Waals surface area contributed by atoms with E-state index in [-0.39, 0.29) is 11.8 Å². The van der Waals surface area contributed by atoms with E-state index in [2.05, 4.69) is 20.5 Å². The highest BCUT2D eigenvalue weighted by Crippen LogP contribution is 2.39. The van der Waals surface area contributed by atoms with Crippen molar-refractivity contribution < 1.29 is 13.9 Å². The van der Waals surface area contributed by atoms with Gasteiger partial charge < -0.3 is 20.3 Å². The molecule has 154 valence electrons. The van der Waals surface area contributed by atoms with E-state index in [1.54, 1.807) is 12.1 Å². The first-order chi connectivity index (χ1) is 14.1. The molecule has 1 saturated carbocycles. The quantitative estimate of drug-likeness (QED) is 0.818. The zero-order valence-electron chi connectivity index (χ0n) is 16.7. The highest BCUT2D eigenvalue weighted by Gasteiger charge is 2.37. The van der Waals surface area contributed by atoms with Crippen LogP contribution < -0.4 is 15.5 Å². The number of rotatable bonds is 4. The van der Waals surface area contributed by atoms with E-state index in [4.69, 9.17) is 4.74 Å². The van der Waals surface area contributed by atoms with Crippen LogP contribution in [0.25, 0.3) is 0 Å². The van der Waals surface area contributed by atoms with Gasteiger partial charge in [0.1, 0.15) is 11.6 Å². The summed E-state index contributed by atoms with van der Waals surface area (Å²) in [4.78, 5) is 19.6. The Kier molecular flexibility index (Phi) is 5.67. The first-order valence-electron chi connectivity index (χ1n) is 10.2. The first-order valence-corrected chi connectivity index (χ1v) is 10.2. The number of benzene rings is 1. The Labute approximate surface area is 170 Å². The van der Waals surface area contributed by atoms with Gasteiger partial charge in [-0.2, -0.15) is 0 Å². The molecule has 2 aromatic rings. The molecule has 6 nitrogen and oxygen atoms in total. The van der Waals surface area contributed by atoms with Gasteiger partial charge in [0.05, 0.1) is 30.1 Å². The lowest BCUT2D eigenvalue weighted by atomic mass is 9.88. The lowest BCUT2D eigenvalue weighted by Gasteiger charge is -2.31. The molecule has 7 heteroatoms. The number of urea groups is 1. The van der Waals surface area contributed by atoms with Crippen molar-refractivity contribution in [3.8, 4) is 0 Å². The van der Waals surface area contributed by atoms with Gasteiger partial charge in [-0.05, 0) is 49.6 Å². The Balaban J connectivity index is 1.46. The minimum Gasteiger partial charge on any atom is -0.378 e. The summed E-state index contributed by atoms with van der Waals surface area (Å²) in [5, 5.41) is 6.10. The van der Waals surface area contributed by atoms with Crippen molar-refractivity contribution in [2.75, 3.05) is 36.5 Å². The predicted molar refractivity (Wildman–Crippen MR) is 111 cm³/mol. The minimum atomic E-state index is -0.452. The van der Waals surface area contributed by atoms with E-state index >= 15 is 0 Å². The summed E-state index contributed by atoms with van der Waals surface area (Å²) in [5.74, 6) is 0.628. The van der Waals surface area contributed by atoms with Crippen molar-refractivity contribution in [1.82, 2.24) is 10.3 Å². The van der Waals surface area contributed by atoms with E-state index in [9.17, 15) is 9.18 Å². The van der Waals surface area contributed by atoms with Crippen LogP contribution in [0.2, 0.25) is 0 Å². The second-order valence-electron chi connectivity index (χ2n) is 7.78. The largest absolute Gasteiger partial charge is 0.378 e. The maximum Gasteiger partial charge on any atom is 0.319 e. The summed E-state index contributed by atoms with van der Waals surface area (Å²) >= 11 is 0. The Bertz CT molecular complexity index is 860. The van der Waals surface area contributed by atoms with Crippen molar-refractivity contribution in [3.05, 3.63) is 53.5 Å². The maximum absolute atomic E-state index is 13.3. The smallest absolute Gasteiger partial charge is 0.319 e. The van der Waals surface area contributed by atoms with Gasteiger partial charge in [-0.1, -0.05) is 25.0 Å². The number of amides is 2. The van der Waals surface area contributed by atoms with Crippen molar-refractivity contribution in [2.45, 2.75) is 38.1 Å². The van der Waals surface area contributed by atoms with Crippen LogP contribution in [0.15, 0.2) is 36.4 Å². The Morgan fingerprint density at radius 1 is 1.10 bits per heavy atom. The number of hydrogen-bond donors (Lipinski definition) is 2. The Morgan fingerprint density at radius 2 is 1.79 bits per heavy atom. The number of anilines is 2. The average Bonchev–Trinajstić information content (AvgIpc) is 3.20. The molecule has 0 bridgehead atoms. The second-order valence-corrected chi connectivity index (χ2v) is 7.78. The lowest BCUT2D eigenvalue weighted by Crippen LogP contribution is -2.46. The molecule has 0 atom stereocenters. The molecule has 2 heterocycles. The van der Waals surface area contributed by atoms with Gasteiger partial charge in [0.15, 0.2) is 0 Å². The highest BCUT2D eigenvalue weighted by molar-refractivity contribution is 5.90. The van der Waals surface area contributed by atoms with Gasteiger partial charge >= 0.3 is 6.03 Å². The fourth-order valence-electron chi connectivity index (χ4n) is 4.25. The highest BCUT2D eigenvalue weighted by atomic mass is 19.1. The maximum atomic E-state index is 13.3. The summed E-state index contributed by atoms with van der Waals surface area (Å²) < 4.78 is 18.7. The van der Waals surface area contributed by atoms with Crippen LogP contribution in [0, 0.1) is 12.7 Å². The van der Waals surface area contributed by atoms with Gasteiger partial charge in [-0.3, -0.25) is 0 Å². The number of nitrogens with one attached hydrogen (secondary N) is 2. The molecular formula is C22H27FN4O2. The van der Waals surface area contributed by atoms with E-state index in [0.29, 0.717) is 18.9 Å². The molecule has 2 fully saturated rings. The minimum absolute atomic E-state index is 0.264. The second kappa shape index (κ2) is 8.37. The summed E-state index contributed by atoms with van der Waals surface area (Å²) in [6, 6.07) is 10.0. The predicted octanol–water partition coefficient (Wildman–Crippen LogP) is 3.96. The van der Waals surface area contributed by atoms with Gasteiger partial charge in [0.2, 0.25) is 0 Å². The SMILES string of the molecule is Cc1nc(N2CCOCC2)ccc1NC(=O)NC1(c2ccc(F)cc2)CCCC1. The fraction of sp³-hybridized carbons (Fsp3) is 0.455. The molecule has 0 radical (unpaired) electrons. The topological polar surface area (TPSA) is 66.5 Å². The number of aryl methyl sites for hydroxylation is 1. The monoisotopic (exact) mass is 398 g/mol. The molecule has 2 aliphatic rings. The number of carbonyl (C=O) groups is 1. The molecule has 0 spiro atoms. The third kappa shape index (κ3) is 4.34. The van der Waals surface area contributed by atoms with E-state index in [1.165, 1.54) is 12.1 Å². The number of pyridine rings is 1. The van der Waals surface area contributed by atoms with Crippen LogP contribution in [0.5, 0.6) is 0 Å². The normalized spacial score (nSPS) is 18.5. The molecule has 0 unspecified atom stereocenters. The van der Waals surface area contributed by atoms with E-state index < -0.39 is 5.54 Å². The van der Waals surface area contributed by atoms with Crippen LogP contribution in [0.1, 0.15) is 36.9 Å². The van der Waals surface area contributed by atoms with Crippen LogP contribution in [-0.2, 0) is 10.3 Å². The number of aromatic nitrogens is 1. The first kappa shape index (κ1) is 19.6. The zero-order valence-corrected chi connectivity index (χ0v) is 16.7. The molecule has 1 aromatic carbocycles. The molecule has 1 aliphatic carbocycles. The van der Waals surface area contributed by atoms with Crippen molar-refractivity contribution >= 4 is 17.5 Å². The third-order valence-corrected chi connectivity index (χ3v) is 5.86. The molecule has 1 aliphatic heterocycles. The van der Waals surface area contributed by atoms with Crippen LogP contribution in [-0.4, -0.2) is 37.3 Å². The molecule has 4 rings (SSSR count). The van der Waals surface area contributed by atoms with E-state index in [0.717, 1.165) is 55.8 Å². The number of ether oxygens (including phenoxy) is 1. The summed E-state index contributed by atoms with van der Waals surface area (Å²) in [5.41, 5.74) is 1.95. The molecule has 1 aromatic heterocycles. The average molecular weight is 398 g/mol. The standard InChI is InChI=1S/C22H27FN4O2/c1-16-19(8-9-20(24-16)27-12-14-29-15-13-27)25-21(28)26-22(10-2-3-11-22)17-4-6-18(23)7-5-17/h4-9H,2-3,10-15H2,1H3,(H2,25,26,28). The number of carbonyl (C=O) groups excluding carboxylic acids is 1. The van der Waals surface area contributed by atoms with Crippen LogP contribution >= 0.6 is 0 Å². The van der Waals surface area contributed by atoms with Crippen molar-refractivity contribution in [3.63, 3.8) is 0 Å².